The number of nitrogens with two attached hydrogens (primary N) is 1. The maximum Gasteiger partial charge on any atom is 0.183 e. The van der Waals surface area contributed by atoms with Crippen LogP contribution in [-0.4, -0.2) is 19.7 Å². The second-order valence-electron chi connectivity index (χ2n) is 4.05. The van der Waals surface area contributed by atoms with Gasteiger partial charge in [0, 0.05) is 5.54 Å². The molecule has 0 unspecified atom stereocenters. The number of rotatable bonds is 3. The summed E-state index contributed by atoms with van der Waals surface area (Å²) < 4.78 is 36.8. The van der Waals surface area contributed by atoms with Crippen LogP contribution in [0.3, 0.4) is 0 Å². The molecule has 90 valence electrons. The summed E-state index contributed by atoms with van der Waals surface area (Å²) in [4.78, 5) is -0.248. The van der Waals surface area contributed by atoms with Crippen LogP contribution in [0, 0.1) is 5.82 Å². The fraction of sp³-hybridized carbons (Fsp3) is 0.400. The number of hydrogen-bond acceptors (Lipinski definition) is 3. The van der Waals surface area contributed by atoms with Crippen LogP contribution in [0.2, 0.25) is 0 Å². The predicted octanol–water partition coefficient (Wildman–Crippen LogP) is 1.51. The van der Waals surface area contributed by atoms with Gasteiger partial charge in [-0.1, -0.05) is 12.1 Å². The monoisotopic (exact) mass is 265 g/mol. The maximum absolute atomic E-state index is 13.3. The van der Waals surface area contributed by atoms with E-state index in [9.17, 15) is 12.8 Å². The average Bonchev–Trinajstić information content (AvgIpc) is 2.82. The largest absolute Gasteiger partial charge is 0.324 e. The summed E-state index contributed by atoms with van der Waals surface area (Å²) in [5, 5.41) is 0. The van der Waals surface area contributed by atoms with Crippen molar-refractivity contribution in [3.05, 3.63) is 30.1 Å². The Morgan fingerprint density at radius 1 is 1.31 bits per heavy atom. The number of benzene rings is 1. The van der Waals surface area contributed by atoms with Gasteiger partial charge in [-0.05, 0) is 25.0 Å². The van der Waals surface area contributed by atoms with Gasteiger partial charge in [0.05, 0.1) is 5.75 Å². The van der Waals surface area contributed by atoms with Gasteiger partial charge in [-0.15, -0.1) is 12.4 Å². The lowest BCUT2D eigenvalue weighted by Gasteiger charge is -2.09. The van der Waals surface area contributed by atoms with Crippen molar-refractivity contribution in [2.24, 2.45) is 5.73 Å². The zero-order chi connectivity index (χ0) is 11.1. The van der Waals surface area contributed by atoms with Gasteiger partial charge < -0.3 is 5.73 Å². The molecule has 2 rings (SSSR count). The quantitative estimate of drug-likeness (QED) is 0.901. The third-order valence-electron chi connectivity index (χ3n) is 2.54. The van der Waals surface area contributed by atoms with Crippen LogP contribution in [-0.2, 0) is 9.84 Å². The third-order valence-corrected chi connectivity index (χ3v) is 4.50. The van der Waals surface area contributed by atoms with E-state index in [2.05, 4.69) is 0 Å². The van der Waals surface area contributed by atoms with Gasteiger partial charge in [-0.3, -0.25) is 0 Å². The van der Waals surface area contributed by atoms with E-state index in [-0.39, 0.29) is 23.1 Å². The van der Waals surface area contributed by atoms with Gasteiger partial charge in [0.15, 0.2) is 9.84 Å². The molecule has 0 heterocycles. The molecule has 1 aromatic carbocycles. The molecular formula is C10H13ClFNO2S. The van der Waals surface area contributed by atoms with Crippen LogP contribution in [0.25, 0.3) is 0 Å². The number of sulfone groups is 1. The molecular weight excluding hydrogens is 253 g/mol. The minimum atomic E-state index is -3.59. The zero-order valence-corrected chi connectivity index (χ0v) is 10.2. The van der Waals surface area contributed by atoms with E-state index in [4.69, 9.17) is 5.73 Å². The fourth-order valence-corrected chi connectivity index (χ4v) is 3.31. The first-order chi connectivity index (χ1) is 6.93. The van der Waals surface area contributed by atoms with Crippen LogP contribution < -0.4 is 5.73 Å². The van der Waals surface area contributed by atoms with E-state index < -0.39 is 21.2 Å². The van der Waals surface area contributed by atoms with Crippen molar-refractivity contribution in [2.75, 3.05) is 5.75 Å². The summed E-state index contributed by atoms with van der Waals surface area (Å²) in [5.41, 5.74) is 5.09. The van der Waals surface area contributed by atoms with Gasteiger partial charge in [0.1, 0.15) is 10.7 Å². The summed E-state index contributed by atoms with van der Waals surface area (Å²) in [6.07, 6.45) is 1.39. The lowest BCUT2D eigenvalue weighted by atomic mass is 10.3. The van der Waals surface area contributed by atoms with E-state index in [1.807, 2.05) is 0 Å². The first-order valence-electron chi connectivity index (χ1n) is 4.69. The molecule has 1 aromatic rings. The molecule has 0 amide bonds. The van der Waals surface area contributed by atoms with Gasteiger partial charge in [0.2, 0.25) is 0 Å². The lowest BCUT2D eigenvalue weighted by molar-refractivity contribution is 0.560. The summed E-state index contributed by atoms with van der Waals surface area (Å²) >= 11 is 0. The Bertz CT molecular complexity index is 485. The Labute approximate surface area is 100 Å². The van der Waals surface area contributed by atoms with Gasteiger partial charge >= 0.3 is 0 Å². The maximum atomic E-state index is 13.3. The molecule has 0 spiro atoms. The summed E-state index contributed by atoms with van der Waals surface area (Å²) in [7, 11) is -3.59. The molecule has 6 heteroatoms. The highest BCUT2D eigenvalue weighted by Gasteiger charge is 2.43. The molecule has 16 heavy (non-hydrogen) atoms. The standard InChI is InChI=1S/C10H12FNO2S.ClH/c11-8-3-1-2-4-9(8)15(13,14)7-10(12)5-6-10;/h1-4H,5-7,12H2;1H. The van der Waals surface area contributed by atoms with E-state index in [0.29, 0.717) is 12.8 Å². The van der Waals surface area contributed by atoms with Crippen molar-refractivity contribution in [3.63, 3.8) is 0 Å². The van der Waals surface area contributed by atoms with Crippen LogP contribution in [0.5, 0.6) is 0 Å². The third kappa shape index (κ3) is 2.72. The van der Waals surface area contributed by atoms with Crippen LogP contribution in [0.4, 0.5) is 4.39 Å². The van der Waals surface area contributed by atoms with Crippen molar-refractivity contribution < 1.29 is 12.8 Å². The molecule has 1 aliphatic rings. The molecule has 3 nitrogen and oxygen atoms in total. The predicted molar refractivity (Wildman–Crippen MR) is 61.9 cm³/mol. The normalized spacial score (nSPS) is 17.6. The molecule has 0 radical (unpaired) electrons. The van der Waals surface area contributed by atoms with Gasteiger partial charge in [-0.2, -0.15) is 0 Å². The number of halogens is 2. The molecule has 1 aliphatic carbocycles. The second kappa shape index (κ2) is 4.31. The first-order valence-corrected chi connectivity index (χ1v) is 6.34. The highest BCUT2D eigenvalue weighted by Crippen LogP contribution is 2.35. The SMILES string of the molecule is Cl.NC1(CS(=O)(=O)c2ccccc2F)CC1. The molecule has 0 saturated heterocycles. The highest BCUT2D eigenvalue weighted by molar-refractivity contribution is 7.91. The van der Waals surface area contributed by atoms with Crippen LogP contribution in [0.1, 0.15) is 12.8 Å². The summed E-state index contributed by atoms with van der Waals surface area (Å²) in [5.74, 6) is -0.872. The average molecular weight is 266 g/mol. The Hall–Kier alpha value is -0.650. The van der Waals surface area contributed by atoms with E-state index >= 15 is 0 Å². The highest BCUT2D eigenvalue weighted by atomic mass is 35.5. The smallest absolute Gasteiger partial charge is 0.183 e. The van der Waals surface area contributed by atoms with Crippen molar-refractivity contribution in [2.45, 2.75) is 23.3 Å². The van der Waals surface area contributed by atoms with Crippen molar-refractivity contribution >= 4 is 22.2 Å². The Morgan fingerprint density at radius 2 is 1.88 bits per heavy atom. The molecule has 2 N–H and O–H groups in total. The van der Waals surface area contributed by atoms with Gasteiger partial charge in [-0.25, -0.2) is 12.8 Å². The molecule has 0 bridgehead atoms. The van der Waals surface area contributed by atoms with Crippen molar-refractivity contribution in [1.29, 1.82) is 0 Å². The van der Waals surface area contributed by atoms with Crippen LogP contribution in [0.15, 0.2) is 29.2 Å². The van der Waals surface area contributed by atoms with E-state index in [1.54, 1.807) is 0 Å². The second-order valence-corrected chi connectivity index (χ2v) is 6.01. The summed E-state index contributed by atoms with van der Waals surface area (Å²) in [6.45, 7) is 0. The lowest BCUT2D eigenvalue weighted by Crippen LogP contribution is -2.31. The fourth-order valence-electron chi connectivity index (χ4n) is 1.46. The first kappa shape index (κ1) is 13.4. The molecule has 0 atom stereocenters. The minimum Gasteiger partial charge on any atom is -0.324 e. The minimum absolute atomic E-state index is 0. The zero-order valence-electron chi connectivity index (χ0n) is 8.52. The summed E-state index contributed by atoms with van der Waals surface area (Å²) in [6, 6.07) is 5.38. The topological polar surface area (TPSA) is 60.2 Å². The molecule has 1 saturated carbocycles. The number of hydrogen-bond donors (Lipinski definition) is 1. The Kier molecular flexibility index (Phi) is 3.62. The van der Waals surface area contributed by atoms with E-state index in [1.165, 1.54) is 18.2 Å². The van der Waals surface area contributed by atoms with Gasteiger partial charge in [0.25, 0.3) is 0 Å². The Balaban J connectivity index is 0.00000128. The van der Waals surface area contributed by atoms with Crippen molar-refractivity contribution in [3.8, 4) is 0 Å². The Morgan fingerprint density at radius 3 is 2.38 bits per heavy atom. The molecule has 1 fully saturated rings. The van der Waals surface area contributed by atoms with Crippen molar-refractivity contribution in [1.82, 2.24) is 0 Å². The van der Waals surface area contributed by atoms with Crippen LogP contribution >= 0.6 is 12.4 Å². The van der Waals surface area contributed by atoms with E-state index in [0.717, 1.165) is 6.07 Å². The molecule has 0 aliphatic heterocycles. The molecule has 0 aromatic heterocycles.